The van der Waals surface area contributed by atoms with Gasteiger partial charge in [0.2, 0.25) is 11.8 Å². The number of hydrogen-bond acceptors (Lipinski definition) is 4. The van der Waals surface area contributed by atoms with Crippen molar-refractivity contribution in [3.63, 3.8) is 0 Å². The Kier molecular flexibility index (Phi) is 4.71. The molecule has 0 spiro atoms. The van der Waals surface area contributed by atoms with Crippen molar-refractivity contribution in [3.05, 3.63) is 36.5 Å². The molecule has 2 aromatic rings. The van der Waals surface area contributed by atoms with Crippen LogP contribution in [0.25, 0.3) is 11.1 Å². The van der Waals surface area contributed by atoms with Crippen LogP contribution in [0.4, 0.5) is 5.82 Å². The van der Waals surface area contributed by atoms with Gasteiger partial charge in [0, 0.05) is 25.1 Å². The molecule has 26 heavy (non-hydrogen) atoms. The van der Waals surface area contributed by atoms with Gasteiger partial charge in [0.25, 0.3) is 0 Å². The van der Waals surface area contributed by atoms with Crippen LogP contribution in [0.1, 0.15) is 19.3 Å². The molecule has 0 saturated carbocycles. The molecule has 2 aliphatic heterocycles. The van der Waals surface area contributed by atoms with Crippen molar-refractivity contribution in [2.75, 3.05) is 18.5 Å². The van der Waals surface area contributed by atoms with E-state index in [1.807, 2.05) is 30.3 Å². The molecule has 2 amide bonds. The number of nitrogens with zero attached hydrogens (tertiary/aromatic N) is 2. The first-order valence-corrected chi connectivity index (χ1v) is 9.01. The molecule has 0 radical (unpaired) electrons. The van der Waals surface area contributed by atoms with E-state index in [9.17, 15) is 9.59 Å². The van der Waals surface area contributed by atoms with E-state index >= 15 is 0 Å². The van der Waals surface area contributed by atoms with Crippen molar-refractivity contribution < 1.29 is 14.3 Å². The highest BCUT2D eigenvalue weighted by Gasteiger charge is 2.30. The van der Waals surface area contributed by atoms with Gasteiger partial charge in [-0.1, -0.05) is 30.3 Å². The van der Waals surface area contributed by atoms with Crippen LogP contribution in [-0.2, 0) is 20.9 Å². The zero-order valence-electron chi connectivity index (χ0n) is 14.5. The van der Waals surface area contributed by atoms with Crippen LogP contribution in [0.15, 0.2) is 36.5 Å². The number of carbonyl (C=O) groups is 2. The summed E-state index contributed by atoms with van der Waals surface area (Å²) in [6.45, 7) is 1.68. The number of hydrogen-bond donors (Lipinski definition) is 2. The molecule has 1 saturated heterocycles. The molecule has 1 aromatic carbocycles. The van der Waals surface area contributed by atoms with E-state index in [0.29, 0.717) is 18.9 Å². The van der Waals surface area contributed by atoms with Crippen molar-refractivity contribution in [1.29, 1.82) is 0 Å². The lowest BCUT2D eigenvalue weighted by Crippen LogP contribution is -2.39. The number of anilines is 1. The Hall–Kier alpha value is -2.67. The fourth-order valence-electron chi connectivity index (χ4n) is 3.48. The van der Waals surface area contributed by atoms with Crippen LogP contribution in [0, 0.1) is 5.92 Å². The van der Waals surface area contributed by atoms with Crippen LogP contribution in [0.2, 0.25) is 0 Å². The lowest BCUT2D eigenvalue weighted by atomic mass is 10.0. The van der Waals surface area contributed by atoms with Gasteiger partial charge in [0.1, 0.15) is 5.82 Å². The fourth-order valence-corrected chi connectivity index (χ4v) is 3.48. The summed E-state index contributed by atoms with van der Waals surface area (Å²) < 4.78 is 7.26. The topological polar surface area (TPSA) is 85.2 Å². The van der Waals surface area contributed by atoms with Gasteiger partial charge >= 0.3 is 0 Å². The molecule has 3 heterocycles. The monoisotopic (exact) mass is 354 g/mol. The maximum atomic E-state index is 12.5. The zero-order chi connectivity index (χ0) is 17.9. The minimum absolute atomic E-state index is 0.102. The van der Waals surface area contributed by atoms with Crippen molar-refractivity contribution in [2.45, 2.75) is 31.9 Å². The lowest BCUT2D eigenvalue weighted by molar-refractivity contribution is -0.128. The molecular weight excluding hydrogens is 332 g/mol. The summed E-state index contributed by atoms with van der Waals surface area (Å²) >= 11 is 0. The summed E-state index contributed by atoms with van der Waals surface area (Å²) in [5.41, 5.74) is 1.89. The molecule has 4 rings (SSSR count). The van der Waals surface area contributed by atoms with E-state index in [1.165, 1.54) is 0 Å². The summed E-state index contributed by atoms with van der Waals surface area (Å²) in [7, 11) is 0. The summed E-state index contributed by atoms with van der Waals surface area (Å²) in [5, 5.41) is 10.2. The Labute approximate surface area is 151 Å². The first-order chi connectivity index (χ1) is 12.7. The zero-order valence-corrected chi connectivity index (χ0v) is 14.5. The van der Waals surface area contributed by atoms with Gasteiger partial charge in [-0.05, 0) is 18.4 Å². The van der Waals surface area contributed by atoms with Crippen molar-refractivity contribution in [3.8, 4) is 11.1 Å². The van der Waals surface area contributed by atoms with Crippen LogP contribution in [0.5, 0.6) is 0 Å². The van der Waals surface area contributed by atoms with Crippen molar-refractivity contribution in [1.82, 2.24) is 15.1 Å². The Morgan fingerprint density at radius 1 is 1.35 bits per heavy atom. The molecule has 2 N–H and O–H groups in total. The molecule has 0 bridgehead atoms. The minimum atomic E-state index is -0.421. The number of ether oxygens (including phenoxy) is 1. The predicted molar refractivity (Wildman–Crippen MR) is 96.4 cm³/mol. The van der Waals surface area contributed by atoms with Gasteiger partial charge in [0.05, 0.1) is 24.8 Å². The second-order valence-corrected chi connectivity index (χ2v) is 6.78. The first-order valence-electron chi connectivity index (χ1n) is 9.01. The third-order valence-electron chi connectivity index (χ3n) is 4.91. The maximum absolute atomic E-state index is 12.5. The number of rotatable bonds is 5. The van der Waals surface area contributed by atoms with E-state index in [0.717, 1.165) is 30.6 Å². The number of nitrogens with one attached hydrogen (secondary N) is 2. The Balaban J connectivity index is 1.40. The third-order valence-corrected chi connectivity index (χ3v) is 4.91. The fraction of sp³-hybridized carbons (Fsp3) is 0.421. The number of benzene rings is 1. The molecule has 0 unspecified atom stereocenters. The van der Waals surface area contributed by atoms with Gasteiger partial charge in [-0.2, -0.15) is 5.10 Å². The highest BCUT2D eigenvalue weighted by Crippen LogP contribution is 2.31. The van der Waals surface area contributed by atoms with Crippen molar-refractivity contribution >= 4 is 17.6 Å². The SMILES string of the molecule is O=C(C[C@@H]1Cn2ncc(-c3ccccc3)c2NC1=O)NC[C@@H]1CCCO1. The highest BCUT2D eigenvalue weighted by atomic mass is 16.5. The molecule has 2 aliphatic rings. The van der Waals surface area contributed by atoms with E-state index in [2.05, 4.69) is 15.7 Å². The van der Waals surface area contributed by atoms with Gasteiger partial charge in [-0.3, -0.25) is 9.59 Å². The smallest absolute Gasteiger partial charge is 0.231 e. The van der Waals surface area contributed by atoms with E-state index in [4.69, 9.17) is 4.74 Å². The molecule has 7 nitrogen and oxygen atoms in total. The number of amides is 2. The summed E-state index contributed by atoms with van der Waals surface area (Å²) in [6, 6.07) is 9.81. The predicted octanol–water partition coefficient (Wildman–Crippen LogP) is 1.80. The molecule has 2 atom stereocenters. The minimum Gasteiger partial charge on any atom is -0.376 e. The standard InChI is InChI=1S/C19H22N4O3/c24-17(20-10-15-7-4-8-26-15)9-14-12-23-18(22-19(14)25)16(11-21-23)13-5-2-1-3-6-13/h1-3,5-6,11,14-15H,4,7-10,12H2,(H,20,24)(H,22,25)/t14-,15+/m1/s1. The van der Waals surface area contributed by atoms with E-state index < -0.39 is 5.92 Å². The molecule has 0 aliphatic carbocycles. The largest absolute Gasteiger partial charge is 0.376 e. The number of fused-ring (bicyclic) bond motifs is 1. The average Bonchev–Trinajstić information content (AvgIpc) is 3.31. The molecule has 136 valence electrons. The van der Waals surface area contributed by atoms with Gasteiger partial charge in [0.15, 0.2) is 0 Å². The Morgan fingerprint density at radius 3 is 2.96 bits per heavy atom. The lowest BCUT2D eigenvalue weighted by Gasteiger charge is -2.24. The summed E-state index contributed by atoms with van der Waals surface area (Å²) in [5.74, 6) is 0.00900. The molecular formula is C19H22N4O3. The average molecular weight is 354 g/mol. The molecule has 1 fully saturated rings. The highest BCUT2D eigenvalue weighted by molar-refractivity contribution is 5.98. The second-order valence-electron chi connectivity index (χ2n) is 6.78. The second kappa shape index (κ2) is 7.29. The normalized spacial score (nSPS) is 21.9. The maximum Gasteiger partial charge on any atom is 0.231 e. The van der Waals surface area contributed by atoms with Crippen LogP contribution >= 0.6 is 0 Å². The van der Waals surface area contributed by atoms with E-state index in [1.54, 1.807) is 10.9 Å². The summed E-state index contributed by atoms with van der Waals surface area (Å²) in [4.78, 5) is 24.7. The molecule has 7 heteroatoms. The van der Waals surface area contributed by atoms with Gasteiger partial charge in [-0.15, -0.1) is 0 Å². The Morgan fingerprint density at radius 2 is 2.19 bits per heavy atom. The van der Waals surface area contributed by atoms with Crippen LogP contribution in [-0.4, -0.2) is 40.9 Å². The summed E-state index contributed by atoms with van der Waals surface area (Å²) in [6.07, 6.45) is 4.02. The van der Waals surface area contributed by atoms with Gasteiger partial charge in [-0.25, -0.2) is 4.68 Å². The van der Waals surface area contributed by atoms with Gasteiger partial charge < -0.3 is 15.4 Å². The van der Waals surface area contributed by atoms with Crippen molar-refractivity contribution in [2.24, 2.45) is 5.92 Å². The van der Waals surface area contributed by atoms with Crippen LogP contribution in [0.3, 0.4) is 0 Å². The third kappa shape index (κ3) is 3.48. The van der Waals surface area contributed by atoms with E-state index in [-0.39, 0.29) is 24.3 Å². The van der Waals surface area contributed by atoms with Crippen LogP contribution < -0.4 is 10.6 Å². The first kappa shape index (κ1) is 16.8. The quantitative estimate of drug-likeness (QED) is 0.857. The Bertz CT molecular complexity index is 796. The molecule has 1 aromatic heterocycles. The number of aromatic nitrogens is 2. The number of carbonyl (C=O) groups excluding carboxylic acids is 2.